The highest BCUT2D eigenvalue weighted by molar-refractivity contribution is 9.10. The van der Waals surface area contributed by atoms with Crippen LogP contribution in [0.2, 0.25) is 0 Å². The van der Waals surface area contributed by atoms with Crippen molar-refractivity contribution in [3.05, 3.63) is 64.1 Å². The fraction of sp³-hybridized carbons (Fsp3) is 0.176. The molecule has 2 aromatic carbocycles. The van der Waals surface area contributed by atoms with Crippen molar-refractivity contribution >= 4 is 27.8 Å². The zero-order valence-corrected chi connectivity index (χ0v) is 14.0. The fourth-order valence-corrected chi connectivity index (χ4v) is 2.34. The Morgan fingerprint density at radius 1 is 1.22 bits per heavy atom. The maximum atomic E-state index is 12.2. The number of aromatic hydroxyl groups is 1. The van der Waals surface area contributed by atoms with E-state index in [1.807, 2.05) is 24.3 Å². The Balaban J connectivity index is 2.13. The van der Waals surface area contributed by atoms with Crippen molar-refractivity contribution in [2.45, 2.75) is 12.5 Å². The SMILES string of the molecule is COC(=O)[C@@H](Cc1ccc(Br)cc1)NC(=O)c1cccc(O)c1. The van der Waals surface area contributed by atoms with E-state index in [1.165, 1.54) is 19.2 Å². The molecule has 2 N–H and O–H groups in total. The van der Waals surface area contributed by atoms with Gasteiger partial charge < -0.3 is 15.2 Å². The van der Waals surface area contributed by atoms with Gasteiger partial charge in [-0.3, -0.25) is 4.79 Å². The molecule has 5 nitrogen and oxygen atoms in total. The van der Waals surface area contributed by atoms with Gasteiger partial charge in [0, 0.05) is 16.5 Å². The molecule has 0 aliphatic rings. The molecule has 0 spiro atoms. The summed E-state index contributed by atoms with van der Waals surface area (Å²) in [5.41, 5.74) is 1.16. The summed E-state index contributed by atoms with van der Waals surface area (Å²) in [5, 5.41) is 12.1. The van der Waals surface area contributed by atoms with Gasteiger partial charge in [0.2, 0.25) is 0 Å². The number of hydrogen-bond donors (Lipinski definition) is 2. The Morgan fingerprint density at radius 2 is 1.91 bits per heavy atom. The van der Waals surface area contributed by atoms with Crippen LogP contribution in [0.15, 0.2) is 53.0 Å². The zero-order valence-electron chi connectivity index (χ0n) is 12.5. The van der Waals surface area contributed by atoms with Gasteiger partial charge in [0.25, 0.3) is 5.91 Å². The van der Waals surface area contributed by atoms with Crippen molar-refractivity contribution < 1.29 is 19.4 Å². The van der Waals surface area contributed by atoms with E-state index in [2.05, 4.69) is 21.2 Å². The third kappa shape index (κ3) is 4.82. The third-order valence-corrected chi connectivity index (χ3v) is 3.78. The molecule has 0 fully saturated rings. The number of carbonyl (C=O) groups is 2. The predicted octanol–water partition coefficient (Wildman–Crippen LogP) is 2.67. The Kier molecular flexibility index (Phi) is 5.76. The van der Waals surface area contributed by atoms with E-state index in [0.717, 1.165) is 10.0 Å². The lowest BCUT2D eigenvalue weighted by Crippen LogP contribution is -2.43. The predicted molar refractivity (Wildman–Crippen MR) is 89.2 cm³/mol. The van der Waals surface area contributed by atoms with Crippen molar-refractivity contribution in [2.75, 3.05) is 7.11 Å². The number of amides is 1. The monoisotopic (exact) mass is 377 g/mol. The molecule has 2 rings (SSSR count). The van der Waals surface area contributed by atoms with E-state index in [0.29, 0.717) is 6.42 Å². The Labute approximate surface area is 142 Å². The highest BCUT2D eigenvalue weighted by atomic mass is 79.9. The van der Waals surface area contributed by atoms with E-state index in [4.69, 9.17) is 4.74 Å². The molecule has 0 saturated heterocycles. The Morgan fingerprint density at radius 3 is 2.52 bits per heavy atom. The zero-order chi connectivity index (χ0) is 16.8. The number of halogens is 1. The van der Waals surface area contributed by atoms with Gasteiger partial charge in [-0.2, -0.15) is 0 Å². The van der Waals surface area contributed by atoms with Crippen molar-refractivity contribution in [3.8, 4) is 5.75 Å². The highest BCUT2D eigenvalue weighted by Crippen LogP contribution is 2.14. The number of methoxy groups -OCH3 is 1. The van der Waals surface area contributed by atoms with Crippen LogP contribution in [-0.2, 0) is 16.0 Å². The molecular formula is C17H16BrNO4. The molecule has 23 heavy (non-hydrogen) atoms. The molecule has 1 amide bonds. The number of ether oxygens (including phenoxy) is 1. The fourth-order valence-electron chi connectivity index (χ4n) is 2.08. The maximum absolute atomic E-state index is 12.2. The topological polar surface area (TPSA) is 75.6 Å². The lowest BCUT2D eigenvalue weighted by Gasteiger charge is -2.17. The minimum absolute atomic E-state index is 0.0137. The van der Waals surface area contributed by atoms with Gasteiger partial charge in [-0.15, -0.1) is 0 Å². The number of rotatable bonds is 5. The van der Waals surface area contributed by atoms with Crippen molar-refractivity contribution in [1.82, 2.24) is 5.32 Å². The van der Waals surface area contributed by atoms with Crippen LogP contribution in [0.25, 0.3) is 0 Å². The van der Waals surface area contributed by atoms with Gasteiger partial charge in [0.1, 0.15) is 11.8 Å². The Hall–Kier alpha value is -2.34. The summed E-state index contributed by atoms with van der Waals surface area (Å²) >= 11 is 3.35. The molecular weight excluding hydrogens is 362 g/mol. The second-order valence-corrected chi connectivity index (χ2v) is 5.85. The molecule has 0 bridgehead atoms. The van der Waals surface area contributed by atoms with Crippen LogP contribution < -0.4 is 5.32 Å². The summed E-state index contributed by atoms with van der Waals surface area (Å²) in [4.78, 5) is 24.2. The summed E-state index contributed by atoms with van der Waals surface area (Å²) in [6.07, 6.45) is 0.310. The summed E-state index contributed by atoms with van der Waals surface area (Å²) < 4.78 is 5.69. The van der Waals surface area contributed by atoms with Crippen molar-refractivity contribution in [2.24, 2.45) is 0 Å². The first-order valence-electron chi connectivity index (χ1n) is 6.92. The van der Waals surface area contributed by atoms with Crippen LogP contribution in [0.1, 0.15) is 15.9 Å². The van der Waals surface area contributed by atoms with Gasteiger partial charge >= 0.3 is 5.97 Å². The molecule has 2 aromatic rings. The van der Waals surface area contributed by atoms with Gasteiger partial charge in [0.05, 0.1) is 7.11 Å². The quantitative estimate of drug-likeness (QED) is 0.785. The molecule has 0 aliphatic carbocycles. The molecule has 0 aliphatic heterocycles. The van der Waals surface area contributed by atoms with Crippen LogP contribution in [0.4, 0.5) is 0 Å². The summed E-state index contributed by atoms with van der Waals surface area (Å²) in [6, 6.07) is 12.6. The molecule has 120 valence electrons. The van der Waals surface area contributed by atoms with Gasteiger partial charge in [-0.1, -0.05) is 34.1 Å². The van der Waals surface area contributed by atoms with E-state index >= 15 is 0 Å². The van der Waals surface area contributed by atoms with Crippen LogP contribution in [-0.4, -0.2) is 30.1 Å². The van der Waals surface area contributed by atoms with Crippen LogP contribution in [0.5, 0.6) is 5.75 Å². The van der Waals surface area contributed by atoms with E-state index in [-0.39, 0.29) is 11.3 Å². The molecule has 0 heterocycles. The molecule has 0 aromatic heterocycles. The third-order valence-electron chi connectivity index (χ3n) is 3.25. The first kappa shape index (κ1) is 17.0. The smallest absolute Gasteiger partial charge is 0.328 e. The largest absolute Gasteiger partial charge is 0.508 e. The van der Waals surface area contributed by atoms with E-state index in [9.17, 15) is 14.7 Å². The first-order valence-corrected chi connectivity index (χ1v) is 7.71. The lowest BCUT2D eigenvalue weighted by atomic mass is 10.1. The maximum Gasteiger partial charge on any atom is 0.328 e. The average Bonchev–Trinajstić information content (AvgIpc) is 2.55. The van der Waals surface area contributed by atoms with Crippen molar-refractivity contribution in [1.29, 1.82) is 0 Å². The lowest BCUT2D eigenvalue weighted by molar-refractivity contribution is -0.142. The summed E-state index contributed by atoms with van der Waals surface area (Å²) in [5.74, 6) is -0.991. The van der Waals surface area contributed by atoms with Crippen LogP contribution in [0, 0.1) is 0 Å². The number of carbonyl (C=O) groups excluding carboxylic acids is 2. The van der Waals surface area contributed by atoms with Crippen molar-refractivity contribution in [3.63, 3.8) is 0 Å². The van der Waals surface area contributed by atoms with Crippen LogP contribution >= 0.6 is 15.9 Å². The second kappa shape index (κ2) is 7.78. The molecule has 0 radical (unpaired) electrons. The minimum Gasteiger partial charge on any atom is -0.508 e. The summed E-state index contributed by atoms with van der Waals surface area (Å²) in [6.45, 7) is 0. The van der Waals surface area contributed by atoms with E-state index in [1.54, 1.807) is 12.1 Å². The number of phenols is 1. The molecule has 1 atom stereocenters. The molecule has 0 unspecified atom stereocenters. The van der Waals surface area contributed by atoms with Crippen LogP contribution in [0.3, 0.4) is 0 Å². The first-order chi connectivity index (χ1) is 11.0. The average molecular weight is 378 g/mol. The molecule has 6 heteroatoms. The van der Waals surface area contributed by atoms with Gasteiger partial charge in [-0.05, 0) is 35.9 Å². The summed E-state index contributed by atoms with van der Waals surface area (Å²) in [7, 11) is 1.28. The normalized spacial score (nSPS) is 11.6. The number of nitrogens with one attached hydrogen (secondary N) is 1. The number of benzene rings is 2. The molecule has 0 saturated carbocycles. The Bertz CT molecular complexity index is 700. The standard InChI is InChI=1S/C17H16BrNO4/c1-23-17(22)15(9-11-5-7-13(18)8-6-11)19-16(21)12-3-2-4-14(20)10-12/h2-8,10,15,20H,9H2,1H3,(H,19,21)/t15-/m1/s1. The van der Waals surface area contributed by atoms with E-state index < -0.39 is 17.9 Å². The highest BCUT2D eigenvalue weighted by Gasteiger charge is 2.22. The number of hydrogen-bond acceptors (Lipinski definition) is 4. The minimum atomic E-state index is -0.809. The van der Waals surface area contributed by atoms with Gasteiger partial charge in [0.15, 0.2) is 0 Å². The van der Waals surface area contributed by atoms with Gasteiger partial charge in [-0.25, -0.2) is 4.79 Å². The number of esters is 1. The second-order valence-electron chi connectivity index (χ2n) is 4.93. The number of phenolic OH excluding ortho intramolecular Hbond substituents is 1.